The van der Waals surface area contributed by atoms with Gasteiger partial charge in [0.25, 0.3) is 0 Å². The summed E-state index contributed by atoms with van der Waals surface area (Å²) in [5.41, 5.74) is 3.43. The van der Waals surface area contributed by atoms with Crippen LogP contribution in [0.1, 0.15) is 43.4 Å². The summed E-state index contributed by atoms with van der Waals surface area (Å²) in [6, 6.07) is 6.70. The highest BCUT2D eigenvalue weighted by Crippen LogP contribution is 2.30. The zero-order valence-corrected chi connectivity index (χ0v) is 22.6. The second-order valence-corrected chi connectivity index (χ2v) is 12.1. The molecule has 5 rings (SSSR count). The van der Waals surface area contributed by atoms with Crippen molar-refractivity contribution in [3.63, 3.8) is 0 Å². The molecule has 2 aliphatic heterocycles. The van der Waals surface area contributed by atoms with E-state index in [1.807, 2.05) is 43.7 Å². The van der Waals surface area contributed by atoms with Crippen LogP contribution in [0.5, 0.6) is 0 Å². The molecule has 9 nitrogen and oxygen atoms in total. The molecule has 4 heterocycles. The fourth-order valence-electron chi connectivity index (χ4n) is 5.22. The van der Waals surface area contributed by atoms with Crippen LogP contribution in [-0.4, -0.2) is 67.4 Å². The smallest absolute Gasteiger partial charge is 0.247 e. The van der Waals surface area contributed by atoms with E-state index in [2.05, 4.69) is 20.5 Å². The molecule has 0 saturated carbocycles. The van der Waals surface area contributed by atoms with E-state index in [0.717, 1.165) is 79.0 Å². The molecular weight excluding hydrogens is 488 g/mol. The van der Waals surface area contributed by atoms with Crippen molar-refractivity contribution >= 4 is 38.3 Å². The number of carbonyl (C=O) groups is 1. The zero-order chi connectivity index (χ0) is 26.2. The molecule has 2 saturated heterocycles. The lowest BCUT2D eigenvalue weighted by molar-refractivity contribution is -0.118. The van der Waals surface area contributed by atoms with Gasteiger partial charge in [0.2, 0.25) is 15.9 Å². The Labute approximate surface area is 218 Å². The van der Waals surface area contributed by atoms with E-state index in [9.17, 15) is 13.2 Å². The van der Waals surface area contributed by atoms with Crippen LogP contribution in [0, 0.1) is 13.8 Å². The molecule has 3 aromatic rings. The summed E-state index contributed by atoms with van der Waals surface area (Å²) in [5.74, 6) is 0.724. The number of nitrogens with one attached hydrogen (secondary N) is 2. The molecule has 198 valence electrons. The zero-order valence-electron chi connectivity index (χ0n) is 21.8. The number of pyridine rings is 1. The SMILES string of the molecule is Cc1cnc(N2CCNCC2)cc1NC(=O)C(C)n1cc(C)c2cc(S(=O)(=O)N3CCCCC3)ccc21. The minimum absolute atomic E-state index is 0.137. The fourth-order valence-corrected chi connectivity index (χ4v) is 6.76. The van der Waals surface area contributed by atoms with Gasteiger partial charge in [0, 0.05) is 74.3 Å². The average molecular weight is 525 g/mol. The number of piperidine rings is 1. The number of amides is 1. The first-order valence-electron chi connectivity index (χ1n) is 13.1. The van der Waals surface area contributed by atoms with Crippen molar-refractivity contribution in [1.82, 2.24) is 19.2 Å². The topological polar surface area (TPSA) is 99.6 Å². The molecule has 2 aromatic heterocycles. The number of hydrogen-bond acceptors (Lipinski definition) is 6. The fraction of sp³-hybridized carbons (Fsp3) is 0.481. The summed E-state index contributed by atoms with van der Waals surface area (Å²) in [7, 11) is -3.53. The molecule has 2 aliphatic rings. The number of anilines is 2. The molecule has 1 atom stereocenters. The molecule has 0 bridgehead atoms. The summed E-state index contributed by atoms with van der Waals surface area (Å²) < 4.78 is 29.9. The van der Waals surface area contributed by atoms with Gasteiger partial charge < -0.3 is 20.1 Å². The van der Waals surface area contributed by atoms with Gasteiger partial charge in [0.05, 0.1) is 4.90 Å². The van der Waals surface area contributed by atoms with E-state index >= 15 is 0 Å². The molecule has 2 N–H and O–H groups in total. The maximum absolute atomic E-state index is 13.4. The van der Waals surface area contributed by atoms with Crippen LogP contribution in [-0.2, 0) is 14.8 Å². The quantitative estimate of drug-likeness (QED) is 0.513. The highest BCUT2D eigenvalue weighted by atomic mass is 32.2. The van der Waals surface area contributed by atoms with Crippen LogP contribution in [0.3, 0.4) is 0 Å². The number of aryl methyl sites for hydroxylation is 2. The molecular formula is C27H36N6O3S. The normalized spacial score (nSPS) is 18.2. The second kappa shape index (κ2) is 10.4. The van der Waals surface area contributed by atoms with Gasteiger partial charge in [-0.05, 0) is 62.9 Å². The number of nitrogens with zero attached hydrogens (tertiary/aromatic N) is 4. The van der Waals surface area contributed by atoms with Crippen LogP contribution < -0.4 is 15.5 Å². The van der Waals surface area contributed by atoms with Gasteiger partial charge in [0.15, 0.2) is 0 Å². The Morgan fingerprint density at radius 1 is 1.03 bits per heavy atom. The predicted octanol–water partition coefficient (Wildman–Crippen LogP) is 3.44. The minimum Gasteiger partial charge on any atom is -0.354 e. The lowest BCUT2D eigenvalue weighted by atomic mass is 10.2. The average Bonchev–Trinajstić information content (AvgIpc) is 3.26. The maximum Gasteiger partial charge on any atom is 0.247 e. The summed E-state index contributed by atoms with van der Waals surface area (Å²) in [6.07, 6.45) is 6.60. The van der Waals surface area contributed by atoms with Gasteiger partial charge in [-0.1, -0.05) is 6.42 Å². The molecule has 2 fully saturated rings. The highest BCUT2D eigenvalue weighted by Gasteiger charge is 2.27. The lowest BCUT2D eigenvalue weighted by Crippen LogP contribution is -2.43. The van der Waals surface area contributed by atoms with E-state index in [1.54, 1.807) is 22.6 Å². The third-order valence-electron chi connectivity index (χ3n) is 7.54. The van der Waals surface area contributed by atoms with Crippen molar-refractivity contribution < 1.29 is 13.2 Å². The Balaban J connectivity index is 1.38. The lowest BCUT2D eigenvalue weighted by Gasteiger charge is -2.29. The first-order chi connectivity index (χ1) is 17.8. The molecule has 1 amide bonds. The molecule has 10 heteroatoms. The molecule has 0 aliphatic carbocycles. The first kappa shape index (κ1) is 25.7. The van der Waals surface area contributed by atoms with E-state index < -0.39 is 16.1 Å². The van der Waals surface area contributed by atoms with E-state index in [1.165, 1.54) is 0 Å². The van der Waals surface area contributed by atoms with Crippen molar-refractivity contribution in [2.45, 2.75) is 51.0 Å². The van der Waals surface area contributed by atoms with Gasteiger partial charge >= 0.3 is 0 Å². The van der Waals surface area contributed by atoms with Gasteiger partial charge in [-0.25, -0.2) is 13.4 Å². The number of benzene rings is 1. The number of fused-ring (bicyclic) bond motifs is 1. The van der Waals surface area contributed by atoms with Crippen molar-refractivity contribution in [1.29, 1.82) is 0 Å². The van der Waals surface area contributed by atoms with E-state index in [4.69, 9.17) is 0 Å². The number of rotatable bonds is 6. The van der Waals surface area contributed by atoms with E-state index in [0.29, 0.717) is 18.0 Å². The Kier molecular flexibility index (Phi) is 7.24. The van der Waals surface area contributed by atoms with Crippen molar-refractivity contribution in [2.75, 3.05) is 49.5 Å². The summed E-state index contributed by atoms with van der Waals surface area (Å²) in [5, 5.41) is 7.28. The third kappa shape index (κ3) is 5.10. The number of carbonyl (C=O) groups excluding carboxylic acids is 1. The Hall–Kier alpha value is -2.95. The molecule has 0 radical (unpaired) electrons. The monoisotopic (exact) mass is 524 g/mol. The Morgan fingerprint density at radius 3 is 2.49 bits per heavy atom. The largest absolute Gasteiger partial charge is 0.354 e. The van der Waals surface area contributed by atoms with Crippen LogP contribution in [0.2, 0.25) is 0 Å². The number of hydrogen-bond donors (Lipinski definition) is 2. The van der Waals surface area contributed by atoms with Crippen molar-refractivity contribution in [3.8, 4) is 0 Å². The third-order valence-corrected chi connectivity index (χ3v) is 9.44. The van der Waals surface area contributed by atoms with Gasteiger partial charge in [0.1, 0.15) is 11.9 Å². The number of sulfonamides is 1. The molecule has 37 heavy (non-hydrogen) atoms. The van der Waals surface area contributed by atoms with Crippen molar-refractivity contribution in [3.05, 3.63) is 47.8 Å². The molecule has 1 unspecified atom stereocenters. The van der Waals surface area contributed by atoms with Crippen LogP contribution >= 0.6 is 0 Å². The summed E-state index contributed by atoms with van der Waals surface area (Å²) in [6.45, 7) is 10.5. The molecule has 1 aromatic carbocycles. The Bertz CT molecular complexity index is 1410. The van der Waals surface area contributed by atoms with Gasteiger partial charge in [-0.15, -0.1) is 0 Å². The second-order valence-electron chi connectivity index (χ2n) is 10.1. The Morgan fingerprint density at radius 2 is 1.76 bits per heavy atom. The predicted molar refractivity (Wildman–Crippen MR) is 147 cm³/mol. The summed E-state index contributed by atoms with van der Waals surface area (Å²) >= 11 is 0. The van der Waals surface area contributed by atoms with Gasteiger partial charge in [-0.3, -0.25) is 4.79 Å². The van der Waals surface area contributed by atoms with Crippen LogP contribution in [0.25, 0.3) is 10.9 Å². The standard InChI is InChI=1S/C27H36N6O3S/c1-19-17-29-26(31-13-9-28-10-14-31)16-24(19)30-27(34)21(3)33-18-20(2)23-15-22(7-8-25(23)33)37(35,36)32-11-5-4-6-12-32/h7-8,15-18,21,28H,4-6,9-14H2,1-3H3,(H,29,30,34). The highest BCUT2D eigenvalue weighted by molar-refractivity contribution is 7.89. The summed E-state index contributed by atoms with van der Waals surface area (Å²) in [4.78, 5) is 20.5. The number of piperazine rings is 1. The van der Waals surface area contributed by atoms with E-state index in [-0.39, 0.29) is 5.91 Å². The van der Waals surface area contributed by atoms with Crippen molar-refractivity contribution in [2.24, 2.45) is 0 Å². The number of aromatic nitrogens is 2. The minimum atomic E-state index is -3.53. The van der Waals surface area contributed by atoms with Crippen LogP contribution in [0.4, 0.5) is 11.5 Å². The first-order valence-corrected chi connectivity index (χ1v) is 14.5. The van der Waals surface area contributed by atoms with Crippen LogP contribution in [0.15, 0.2) is 41.6 Å². The molecule has 0 spiro atoms. The van der Waals surface area contributed by atoms with Gasteiger partial charge in [-0.2, -0.15) is 4.31 Å². The maximum atomic E-state index is 13.4.